The Balaban J connectivity index is 1.23. The van der Waals surface area contributed by atoms with Crippen LogP contribution in [0.5, 0.6) is 0 Å². The predicted octanol–water partition coefficient (Wildman–Crippen LogP) is 4.28. The molecule has 1 aliphatic carbocycles. The Morgan fingerprint density at radius 1 is 0.968 bits per heavy atom. The number of hydrogen-bond donors (Lipinski definition) is 1. The van der Waals surface area contributed by atoms with Crippen molar-refractivity contribution in [3.8, 4) is 0 Å². The molecule has 1 aliphatic heterocycles. The SMILES string of the molecule is O=C(CN(Cc1cccc2ccccc12)C1CC1)Nc1ccc(N2CCOCC2)cc1. The smallest absolute Gasteiger partial charge is 0.238 e. The van der Waals surface area contributed by atoms with Gasteiger partial charge < -0.3 is 15.0 Å². The Bertz CT molecular complexity index is 1030. The lowest BCUT2D eigenvalue weighted by Crippen LogP contribution is -2.36. The van der Waals surface area contributed by atoms with Crippen molar-refractivity contribution in [1.82, 2.24) is 4.90 Å². The molecular weight excluding hydrogens is 386 g/mol. The molecule has 1 saturated carbocycles. The Hall–Kier alpha value is -2.89. The summed E-state index contributed by atoms with van der Waals surface area (Å²) in [4.78, 5) is 17.4. The van der Waals surface area contributed by atoms with Crippen LogP contribution in [0.3, 0.4) is 0 Å². The molecule has 1 saturated heterocycles. The molecule has 2 fully saturated rings. The van der Waals surface area contributed by atoms with Gasteiger partial charge in [-0.15, -0.1) is 0 Å². The monoisotopic (exact) mass is 415 g/mol. The quantitative estimate of drug-likeness (QED) is 0.626. The maximum Gasteiger partial charge on any atom is 0.238 e. The summed E-state index contributed by atoms with van der Waals surface area (Å²) in [5, 5.41) is 5.61. The molecule has 1 N–H and O–H groups in total. The lowest BCUT2D eigenvalue weighted by atomic mass is 10.0. The zero-order chi connectivity index (χ0) is 21.0. The van der Waals surface area contributed by atoms with Crippen LogP contribution < -0.4 is 10.2 Å². The molecule has 2 aliphatic rings. The third-order valence-corrected chi connectivity index (χ3v) is 6.19. The van der Waals surface area contributed by atoms with E-state index in [2.05, 4.69) is 69.7 Å². The van der Waals surface area contributed by atoms with E-state index in [1.165, 1.54) is 34.9 Å². The van der Waals surface area contributed by atoms with E-state index < -0.39 is 0 Å². The molecule has 5 heteroatoms. The van der Waals surface area contributed by atoms with Crippen molar-refractivity contribution < 1.29 is 9.53 Å². The molecule has 0 atom stereocenters. The number of nitrogens with zero attached hydrogens (tertiary/aromatic N) is 2. The van der Waals surface area contributed by atoms with Gasteiger partial charge in [-0.05, 0) is 53.4 Å². The highest BCUT2D eigenvalue weighted by Gasteiger charge is 2.30. The molecule has 5 nitrogen and oxygen atoms in total. The van der Waals surface area contributed by atoms with Crippen LogP contribution in [0.15, 0.2) is 66.7 Å². The minimum Gasteiger partial charge on any atom is -0.378 e. The number of anilines is 2. The van der Waals surface area contributed by atoms with Gasteiger partial charge in [0.1, 0.15) is 0 Å². The van der Waals surface area contributed by atoms with Crippen LogP contribution in [0.4, 0.5) is 11.4 Å². The van der Waals surface area contributed by atoms with Gasteiger partial charge in [0.15, 0.2) is 0 Å². The van der Waals surface area contributed by atoms with Gasteiger partial charge in [0, 0.05) is 37.1 Å². The minimum atomic E-state index is 0.0475. The van der Waals surface area contributed by atoms with Crippen molar-refractivity contribution in [3.63, 3.8) is 0 Å². The van der Waals surface area contributed by atoms with Gasteiger partial charge in [0.2, 0.25) is 5.91 Å². The Labute approximate surface area is 183 Å². The number of ether oxygens (including phenoxy) is 1. The Morgan fingerprint density at radius 3 is 2.48 bits per heavy atom. The molecule has 1 amide bonds. The molecule has 3 aromatic rings. The fourth-order valence-corrected chi connectivity index (χ4v) is 4.37. The average Bonchev–Trinajstić information content (AvgIpc) is 3.65. The maximum absolute atomic E-state index is 12.8. The van der Waals surface area contributed by atoms with Crippen molar-refractivity contribution in [3.05, 3.63) is 72.3 Å². The summed E-state index contributed by atoms with van der Waals surface area (Å²) in [6.45, 7) is 4.58. The Kier molecular flexibility index (Phi) is 5.87. The molecule has 0 radical (unpaired) electrons. The zero-order valence-electron chi connectivity index (χ0n) is 17.8. The van der Waals surface area contributed by atoms with Gasteiger partial charge in [-0.3, -0.25) is 9.69 Å². The van der Waals surface area contributed by atoms with Crippen molar-refractivity contribution >= 4 is 28.1 Å². The van der Waals surface area contributed by atoms with Crippen molar-refractivity contribution in [2.75, 3.05) is 43.1 Å². The second kappa shape index (κ2) is 9.08. The number of fused-ring (bicyclic) bond motifs is 1. The number of nitrogens with one attached hydrogen (secondary N) is 1. The van der Waals surface area contributed by atoms with Gasteiger partial charge in [0.25, 0.3) is 0 Å². The fourth-order valence-electron chi connectivity index (χ4n) is 4.37. The molecule has 0 aromatic heterocycles. The average molecular weight is 416 g/mol. The molecule has 31 heavy (non-hydrogen) atoms. The van der Waals surface area contributed by atoms with Crippen LogP contribution in [0.1, 0.15) is 18.4 Å². The molecule has 5 rings (SSSR count). The second-order valence-corrected chi connectivity index (χ2v) is 8.47. The molecule has 0 bridgehead atoms. The molecular formula is C26H29N3O2. The lowest BCUT2D eigenvalue weighted by molar-refractivity contribution is -0.117. The first-order valence-electron chi connectivity index (χ1n) is 11.2. The largest absolute Gasteiger partial charge is 0.378 e. The number of amides is 1. The second-order valence-electron chi connectivity index (χ2n) is 8.47. The summed E-state index contributed by atoms with van der Waals surface area (Å²) in [6.07, 6.45) is 2.35. The van der Waals surface area contributed by atoms with Crippen LogP contribution in [-0.2, 0) is 16.1 Å². The first-order valence-corrected chi connectivity index (χ1v) is 11.2. The first-order chi connectivity index (χ1) is 15.3. The normalized spacial score (nSPS) is 16.6. The van der Waals surface area contributed by atoms with Crippen LogP contribution in [-0.4, -0.2) is 49.7 Å². The highest BCUT2D eigenvalue weighted by Crippen LogP contribution is 2.30. The molecule has 3 aromatic carbocycles. The van der Waals surface area contributed by atoms with Crippen molar-refractivity contribution in [2.45, 2.75) is 25.4 Å². The van der Waals surface area contributed by atoms with Crippen molar-refractivity contribution in [1.29, 1.82) is 0 Å². The lowest BCUT2D eigenvalue weighted by Gasteiger charge is -2.29. The summed E-state index contributed by atoms with van der Waals surface area (Å²) < 4.78 is 5.42. The van der Waals surface area contributed by atoms with E-state index in [0.29, 0.717) is 12.6 Å². The summed E-state index contributed by atoms with van der Waals surface area (Å²) in [5.74, 6) is 0.0475. The summed E-state index contributed by atoms with van der Waals surface area (Å²) in [6, 6.07) is 23.6. The number of rotatable bonds is 7. The van der Waals surface area contributed by atoms with E-state index in [-0.39, 0.29) is 5.91 Å². The molecule has 0 unspecified atom stereocenters. The van der Waals surface area contributed by atoms with Crippen LogP contribution >= 0.6 is 0 Å². The molecule has 0 spiro atoms. The number of benzene rings is 3. The van der Waals surface area contributed by atoms with Gasteiger partial charge >= 0.3 is 0 Å². The zero-order valence-corrected chi connectivity index (χ0v) is 17.8. The predicted molar refractivity (Wildman–Crippen MR) is 125 cm³/mol. The Morgan fingerprint density at radius 2 is 1.71 bits per heavy atom. The van der Waals surface area contributed by atoms with E-state index in [0.717, 1.165) is 38.5 Å². The fraction of sp³-hybridized carbons (Fsp3) is 0.346. The number of hydrogen-bond acceptors (Lipinski definition) is 4. The van der Waals surface area contributed by atoms with Crippen LogP contribution in [0, 0.1) is 0 Å². The first kappa shape index (κ1) is 20.0. The van der Waals surface area contributed by atoms with E-state index >= 15 is 0 Å². The third kappa shape index (κ3) is 4.89. The maximum atomic E-state index is 12.8. The summed E-state index contributed by atoms with van der Waals surface area (Å²) in [7, 11) is 0. The van der Waals surface area contributed by atoms with E-state index in [4.69, 9.17) is 4.74 Å². The number of morpholine rings is 1. The number of carbonyl (C=O) groups is 1. The van der Waals surface area contributed by atoms with Gasteiger partial charge in [-0.25, -0.2) is 0 Å². The topological polar surface area (TPSA) is 44.8 Å². The van der Waals surface area contributed by atoms with E-state index in [9.17, 15) is 4.79 Å². The van der Waals surface area contributed by atoms with E-state index in [1.807, 2.05) is 12.1 Å². The highest BCUT2D eigenvalue weighted by atomic mass is 16.5. The highest BCUT2D eigenvalue weighted by molar-refractivity contribution is 5.92. The summed E-state index contributed by atoms with van der Waals surface area (Å²) in [5.41, 5.74) is 3.31. The van der Waals surface area contributed by atoms with Gasteiger partial charge in [-0.1, -0.05) is 42.5 Å². The number of carbonyl (C=O) groups excluding carboxylic acids is 1. The third-order valence-electron chi connectivity index (χ3n) is 6.19. The molecule has 1 heterocycles. The standard InChI is InChI=1S/C26H29N3O2/c30-26(27-22-8-10-23(11-9-22)28-14-16-31-17-15-28)19-29(24-12-13-24)18-21-6-3-5-20-4-1-2-7-25(20)21/h1-11,24H,12-19H2,(H,27,30). The van der Waals surface area contributed by atoms with Gasteiger partial charge in [0.05, 0.1) is 19.8 Å². The van der Waals surface area contributed by atoms with Crippen LogP contribution in [0.2, 0.25) is 0 Å². The molecule has 160 valence electrons. The van der Waals surface area contributed by atoms with Crippen molar-refractivity contribution in [2.24, 2.45) is 0 Å². The van der Waals surface area contributed by atoms with Gasteiger partial charge in [-0.2, -0.15) is 0 Å². The minimum absolute atomic E-state index is 0.0475. The van der Waals surface area contributed by atoms with Crippen LogP contribution in [0.25, 0.3) is 10.8 Å². The van der Waals surface area contributed by atoms with E-state index in [1.54, 1.807) is 0 Å². The summed E-state index contributed by atoms with van der Waals surface area (Å²) >= 11 is 0.